The summed E-state index contributed by atoms with van der Waals surface area (Å²) in [6.07, 6.45) is 0.656. The Labute approximate surface area is 172 Å². The Morgan fingerprint density at radius 1 is 0.897 bits per heavy atom. The summed E-state index contributed by atoms with van der Waals surface area (Å²) < 4.78 is 5.61. The second kappa shape index (κ2) is 7.06. The smallest absolute Gasteiger partial charge is 0.262 e. The number of carbonyl (C=O) groups is 2. The van der Waals surface area contributed by atoms with Crippen LogP contribution in [0.15, 0.2) is 77.4 Å². The molecule has 2 aliphatic rings. The van der Waals surface area contributed by atoms with Crippen molar-refractivity contribution in [2.24, 2.45) is 5.92 Å². The van der Waals surface area contributed by atoms with Gasteiger partial charge in [0.1, 0.15) is 17.7 Å². The second-order valence-corrected chi connectivity index (χ2v) is 7.50. The Morgan fingerprint density at radius 3 is 2.34 bits per heavy atom. The molecule has 3 aromatic rings. The Hall–Kier alpha value is -3.09. The number of benzene rings is 2. The average molecular weight is 409 g/mol. The molecule has 2 amide bonds. The van der Waals surface area contributed by atoms with Crippen molar-refractivity contribution in [3.05, 3.63) is 89.3 Å². The van der Waals surface area contributed by atoms with E-state index >= 15 is 0 Å². The molecule has 0 spiro atoms. The van der Waals surface area contributed by atoms with E-state index in [0.717, 1.165) is 5.56 Å². The van der Waals surface area contributed by atoms with Gasteiger partial charge in [-0.05, 0) is 42.0 Å². The summed E-state index contributed by atoms with van der Waals surface area (Å²) in [7, 11) is 0. The monoisotopic (exact) mass is 408 g/mol. The molecule has 0 radical (unpaired) electrons. The minimum atomic E-state index is -0.892. The van der Waals surface area contributed by atoms with Crippen molar-refractivity contribution in [2.75, 3.05) is 5.06 Å². The number of halogens is 1. The van der Waals surface area contributed by atoms with E-state index in [1.807, 2.05) is 30.3 Å². The van der Waals surface area contributed by atoms with Crippen LogP contribution in [-0.2, 0) is 21.0 Å². The van der Waals surface area contributed by atoms with Crippen LogP contribution in [0.25, 0.3) is 0 Å². The molecule has 0 N–H and O–H groups in total. The van der Waals surface area contributed by atoms with Gasteiger partial charge in [0.15, 0.2) is 6.10 Å². The molecule has 0 bridgehead atoms. The third-order valence-corrected chi connectivity index (χ3v) is 5.56. The van der Waals surface area contributed by atoms with E-state index in [0.29, 0.717) is 16.5 Å². The van der Waals surface area contributed by atoms with E-state index in [4.69, 9.17) is 20.9 Å². The predicted octanol–water partition coefficient (Wildman–Crippen LogP) is 3.98. The molecule has 1 aromatic heterocycles. The standard InChI is InChI=1S/C22H17ClN2O4/c23-15-8-10-16(11-9-15)25-19(17-7-4-12-28-17)18-20(29-25)22(27)24(21(18)26)13-14-5-2-1-3-6-14/h1-12,18-20H,13H2/t18-,19+,20+/m0/s1. The van der Waals surface area contributed by atoms with Gasteiger partial charge in [0, 0.05) is 5.02 Å². The molecule has 0 unspecified atom stereocenters. The molecule has 3 atom stereocenters. The molecule has 6 nitrogen and oxygen atoms in total. The fourth-order valence-corrected chi connectivity index (χ4v) is 4.08. The van der Waals surface area contributed by atoms with Crippen LogP contribution >= 0.6 is 11.6 Å². The molecule has 29 heavy (non-hydrogen) atoms. The van der Waals surface area contributed by atoms with Crippen LogP contribution in [-0.4, -0.2) is 22.8 Å². The van der Waals surface area contributed by atoms with Crippen molar-refractivity contribution in [3.8, 4) is 0 Å². The van der Waals surface area contributed by atoms with Crippen molar-refractivity contribution in [1.82, 2.24) is 4.90 Å². The van der Waals surface area contributed by atoms with Crippen molar-refractivity contribution in [3.63, 3.8) is 0 Å². The number of hydrogen-bond acceptors (Lipinski definition) is 5. The normalized spacial score (nSPS) is 23.7. The number of nitrogens with zero attached hydrogens (tertiary/aromatic N) is 2. The molecular formula is C22H17ClN2O4. The summed E-state index contributed by atoms with van der Waals surface area (Å²) in [5.41, 5.74) is 1.58. The fourth-order valence-electron chi connectivity index (χ4n) is 3.95. The number of rotatable bonds is 4. The minimum absolute atomic E-state index is 0.223. The number of furan rings is 1. The molecule has 146 valence electrons. The van der Waals surface area contributed by atoms with Gasteiger partial charge in [0.25, 0.3) is 5.91 Å². The highest BCUT2D eigenvalue weighted by molar-refractivity contribution is 6.30. The van der Waals surface area contributed by atoms with E-state index in [-0.39, 0.29) is 18.4 Å². The first-order valence-electron chi connectivity index (χ1n) is 9.27. The maximum Gasteiger partial charge on any atom is 0.262 e. The molecule has 0 saturated carbocycles. The number of likely N-dealkylation sites (tertiary alicyclic amines) is 1. The Bertz CT molecular complexity index is 1040. The molecule has 5 rings (SSSR count). The summed E-state index contributed by atoms with van der Waals surface area (Å²) in [6.45, 7) is 0.223. The van der Waals surface area contributed by atoms with Gasteiger partial charge in [-0.2, -0.15) is 0 Å². The van der Waals surface area contributed by atoms with Gasteiger partial charge in [-0.15, -0.1) is 0 Å². The van der Waals surface area contributed by atoms with Gasteiger partial charge in [0.05, 0.1) is 18.5 Å². The molecule has 2 fully saturated rings. The zero-order chi connectivity index (χ0) is 20.0. The maximum absolute atomic E-state index is 13.3. The predicted molar refractivity (Wildman–Crippen MR) is 106 cm³/mol. The largest absolute Gasteiger partial charge is 0.467 e. The maximum atomic E-state index is 13.3. The summed E-state index contributed by atoms with van der Waals surface area (Å²) in [4.78, 5) is 33.6. The summed E-state index contributed by atoms with van der Waals surface area (Å²) in [5, 5.41) is 2.17. The van der Waals surface area contributed by atoms with Crippen molar-refractivity contribution in [1.29, 1.82) is 0 Å². The lowest BCUT2D eigenvalue weighted by Crippen LogP contribution is -2.36. The lowest BCUT2D eigenvalue weighted by molar-refractivity contribution is -0.143. The molecule has 2 aromatic carbocycles. The van der Waals surface area contributed by atoms with E-state index < -0.39 is 18.1 Å². The van der Waals surface area contributed by atoms with Gasteiger partial charge in [0.2, 0.25) is 5.91 Å². The van der Waals surface area contributed by atoms with Crippen LogP contribution in [0.3, 0.4) is 0 Å². The van der Waals surface area contributed by atoms with Crippen LogP contribution < -0.4 is 5.06 Å². The van der Waals surface area contributed by atoms with Crippen LogP contribution in [0.4, 0.5) is 5.69 Å². The van der Waals surface area contributed by atoms with Gasteiger partial charge >= 0.3 is 0 Å². The zero-order valence-electron chi connectivity index (χ0n) is 15.3. The molecular weight excluding hydrogens is 392 g/mol. The van der Waals surface area contributed by atoms with Crippen LogP contribution in [0.2, 0.25) is 5.02 Å². The summed E-state index contributed by atoms with van der Waals surface area (Å²) in [5.74, 6) is -0.721. The highest BCUT2D eigenvalue weighted by Crippen LogP contribution is 2.47. The van der Waals surface area contributed by atoms with Crippen molar-refractivity contribution in [2.45, 2.75) is 18.7 Å². The highest BCUT2D eigenvalue weighted by atomic mass is 35.5. The fraction of sp³-hybridized carbons (Fsp3) is 0.182. The van der Waals surface area contributed by atoms with Gasteiger partial charge in [-0.25, -0.2) is 5.06 Å². The molecule has 3 heterocycles. The average Bonchev–Trinajstić information content (AvgIpc) is 3.44. The quantitative estimate of drug-likeness (QED) is 0.611. The van der Waals surface area contributed by atoms with E-state index in [1.165, 1.54) is 4.90 Å². The number of carbonyl (C=O) groups excluding carboxylic acids is 2. The van der Waals surface area contributed by atoms with Crippen LogP contribution in [0.5, 0.6) is 0 Å². The second-order valence-electron chi connectivity index (χ2n) is 7.06. The van der Waals surface area contributed by atoms with Crippen LogP contribution in [0, 0.1) is 5.92 Å². The third kappa shape index (κ3) is 3.01. The first-order valence-corrected chi connectivity index (χ1v) is 9.65. The van der Waals surface area contributed by atoms with Crippen LogP contribution in [0.1, 0.15) is 17.4 Å². The first kappa shape index (κ1) is 18.0. The Morgan fingerprint density at radius 2 is 1.66 bits per heavy atom. The summed E-state index contributed by atoms with van der Waals surface area (Å²) >= 11 is 6.00. The lowest BCUT2D eigenvalue weighted by Gasteiger charge is -2.27. The number of fused-ring (bicyclic) bond motifs is 1. The highest BCUT2D eigenvalue weighted by Gasteiger charge is 2.60. The van der Waals surface area contributed by atoms with E-state index in [9.17, 15) is 9.59 Å². The number of anilines is 1. The molecule has 0 aliphatic carbocycles. The minimum Gasteiger partial charge on any atom is -0.467 e. The van der Waals surface area contributed by atoms with Crippen molar-refractivity contribution >= 4 is 29.1 Å². The number of hydroxylamine groups is 1. The number of hydrogen-bond donors (Lipinski definition) is 0. The number of imide groups is 1. The Balaban J connectivity index is 1.50. The SMILES string of the molecule is O=C1[C@H]2[C@@H](c3ccco3)N(c3ccc(Cl)cc3)O[C@H]2C(=O)N1Cc1ccccc1. The van der Waals surface area contributed by atoms with Gasteiger partial charge in [-0.1, -0.05) is 41.9 Å². The molecule has 2 saturated heterocycles. The van der Waals surface area contributed by atoms with E-state index in [2.05, 4.69) is 0 Å². The van der Waals surface area contributed by atoms with E-state index in [1.54, 1.807) is 47.7 Å². The third-order valence-electron chi connectivity index (χ3n) is 5.31. The molecule has 2 aliphatic heterocycles. The Kier molecular flexibility index (Phi) is 4.38. The van der Waals surface area contributed by atoms with Gasteiger partial charge in [-0.3, -0.25) is 19.3 Å². The lowest BCUT2D eigenvalue weighted by atomic mass is 9.94. The summed E-state index contributed by atoms with van der Waals surface area (Å²) in [6, 6.07) is 19.5. The van der Waals surface area contributed by atoms with Crippen molar-refractivity contribution < 1.29 is 18.8 Å². The topological polar surface area (TPSA) is 63.0 Å². The van der Waals surface area contributed by atoms with Gasteiger partial charge < -0.3 is 4.42 Å². The zero-order valence-corrected chi connectivity index (χ0v) is 16.0. The molecule has 7 heteroatoms. The number of amides is 2. The first-order chi connectivity index (χ1) is 14.1.